The molecule has 6 heteroatoms. The van der Waals surface area contributed by atoms with E-state index in [0.29, 0.717) is 0 Å². The number of fused-ring (bicyclic) bond motifs is 1. The van der Waals surface area contributed by atoms with Gasteiger partial charge in [0.15, 0.2) is 0 Å². The maximum absolute atomic E-state index is 9.59. The molecular formula is C8H15NO5. The minimum absolute atomic E-state index is 0.0200. The Hall–Kier alpha value is -0.240. The van der Waals surface area contributed by atoms with E-state index in [0.717, 1.165) is 0 Å². The molecule has 0 bridgehead atoms. The zero-order valence-corrected chi connectivity index (χ0v) is 7.58. The van der Waals surface area contributed by atoms with Gasteiger partial charge in [0.25, 0.3) is 0 Å². The van der Waals surface area contributed by atoms with Gasteiger partial charge in [0.1, 0.15) is 24.4 Å². The SMILES string of the molecule is OC1COC2C(O)C(O)CNC2C1O. The summed E-state index contributed by atoms with van der Waals surface area (Å²) in [4.78, 5) is 0. The lowest BCUT2D eigenvalue weighted by atomic mass is 9.88. The maximum atomic E-state index is 9.59. The Bertz CT molecular complexity index is 192. The van der Waals surface area contributed by atoms with Crippen LogP contribution in [-0.2, 0) is 4.74 Å². The van der Waals surface area contributed by atoms with Crippen molar-refractivity contribution in [2.45, 2.75) is 36.6 Å². The van der Waals surface area contributed by atoms with Crippen LogP contribution in [0, 0.1) is 0 Å². The minimum atomic E-state index is -1.01. The molecule has 2 aliphatic rings. The van der Waals surface area contributed by atoms with Gasteiger partial charge in [0.2, 0.25) is 0 Å². The van der Waals surface area contributed by atoms with E-state index in [1.807, 2.05) is 0 Å². The standard InChI is InChI=1S/C8H15NO5/c10-3-1-9-5-6(12)4(11)2-14-8(5)7(3)13/h3-13H,1-2H2. The fourth-order valence-corrected chi connectivity index (χ4v) is 1.99. The molecule has 6 nitrogen and oxygen atoms in total. The third kappa shape index (κ3) is 1.54. The average molecular weight is 205 g/mol. The van der Waals surface area contributed by atoms with Gasteiger partial charge < -0.3 is 30.5 Å². The summed E-state index contributed by atoms with van der Waals surface area (Å²) >= 11 is 0. The molecule has 2 fully saturated rings. The van der Waals surface area contributed by atoms with Gasteiger partial charge in [-0.3, -0.25) is 0 Å². The second-order valence-corrected chi connectivity index (χ2v) is 3.85. The van der Waals surface area contributed by atoms with Crippen LogP contribution >= 0.6 is 0 Å². The first-order valence-electron chi connectivity index (χ1n) is 4.68. The molecule has 6 unspecified atom stereocenters. The highest BCUT2D eigenvalue weighted by molar-refractivity contribution is 5.01. The first-order chi connectivity index (χ1) is 6.61. The predicted octanol–water partition coefficient (Wildman–Crippen LogP) is -3.20. The third-order valence-corrected chi connectivity index (χ3v) is 2.87. The van der Waals surface area contributed by atoms with Crippen LogP contribution < -0.4 is 5.32 Å². The van der Waals surface area contributed by atoms with E-state index < -0.39 is 36.6 Å². The summed E-state index contributed by atoms with van der Waals surface area (Å²) in [5.41, 5.74) is 0. The van der Waals surface area contributed by atoms with E-state index in [9.17, 15) is 20.4 Å². The van der Waals surface area contributed by atoms with Crippen molar-refractivity contribution < 1.29 is 25.2 Å². The lowest BCUT2D eigenvalue weighted by molar-refractivity contribution is -0.199. The first kappa shape index (κ1) is 10.3. The Balaban J connectivity index is 2.10. The third-order valence-electron chi connectivity index (χ3n) is 2.87. The molecule has 0 amide bonds. The first-order valence-corrected chi connectivity index (χ1v) is 4.68. The van der Waals surface area contributed by atoms with Crippen LogP contribution in [-0.4, -0.2) is 70.1 Å². The molecular weight excluding hydrogens is 190 g/mol. The van der Waals surface area contributed by atoms with Gasteiger partial charge in [0, 0.05) is 6.54 Å². The Morgan fingerprint density at radius 2 is 1.71 bits per heavy atom. The summed E-state index contributed by atoms with van der Waals surface area (Å²) in [6.45, 7) is 0.170. The van der Waals surface area contributed by atoms with Crippen molar-refractivity contribution in [2.75, 3.05) is 13.2 Å². The highest BCUT2D eigenvalue weighted by Gasteiger charge is 2.46. The lowest BCUT2D eigenvalue weighted by Gasteiger charge is -2.45. The second-order valence-electron chi connectivity index (χ2n) is 3.85. The Morgan fingerprint density at radius 3 is 2.43 bits per heavy atom. The normalized spacial score (nSPS) is 54.0. The van der Waals surface area contributed by atoms with Crippen LogP contribution in [0.2, 0.25) is 0 Å². The van der Waals surface area contributed by atoms with E-state index >= 15 is 0 Å². The van der Waals surface area contributed by atoms with Crippen molar-refractivity contribution >= 4 is 0 Å². The Morgan fingerprint density at radius 1 is 1.00 bits per heavy atom. The number of hydrogen-bond donors (Lipinski definition) is 5. The van der Waals surface area contributed by atoms with Crippen molar-refractivity contribution in [1.29, 1.82) is 0 Å². The molecule has 0 saturated carbocycles. The number of aliphatic hydroxyl groups is 4. The van der Waals surface area contributed by atoms with Crippen LogP contribution in [0.15, 0.2) is 0 Å². The van der Waals surface area contributed by atoms with Crippen LogP contribution in [0.5, 0.6) is 0 Å². The molecule has 0 aromatic heterocycles. The predicted molar refractivity (Wildman–Crippen MR) is 45.6 cm³/mol. The number of nitrogens with one attached hydrogen (secondary N) is 1. The fraction of sp³-hybridized carbons (Fsp3) is 1.00. The molecule has 14 heavy (non-hydrogen) atoms. The molecule has 2 rings (SSSR count). The van der Waals surface area contributed by atoms with Crippen molar-refractivity contribution in [3.05, 3.63) is 0 Å². The molecule has 2 saturated heterocycles. The number of rotatable bonds is 0. The number of β-amino-alcohol motifs (C(OH)–C–C–N with tert-alkyl or cyclic N) is 1. The molecule has 0 spiro atoms. The van der Waals surface area contributed by atoms with Crippen LogP contribution in [0.4, 0.5) is 0 Å². The molecule has 5 N–H and O–H groups in total. The van der Waals surface area contributed by atoms with Gasteiger partial charge in [0.05, 0.1) is 18.8 Å². The topological polar surface area (TPSA) is 102 Å². The second kappa shape index (κ2) is 3.73. The fourth-order valence-electron chi connectivity index (χ4n) is 1.99. The van der Waals surface area contributed by atoms with E-state index in [1.54, 1.807) is 0 Å². The molecule has 6 atom stereocenters. The highest BCUT2D eigenvalue weighted by Crippen LogP contribution is 2.22. The number of ether oxygens (including phenoxy) is 1. The monoisotopic (exact) mass is 205 g/mol. The number of aliphatic hydroxyl groups excluding tert-OH is 4. The Labute approximate surface area is 81.1 Å². The summed E-state index contributed by atoms with van der Waals surface area (Å²) in [5.74, 6) is 0. The van der Waals surface area contributed by atoms with Gasteiger partial charge in [-0.05, 0) is 0 Å². The van der Waals surface area contributed by atoms with Crippen molar-refractivity contribution in [1.82, 2.24) is 5.32 Å². The van der Waals surface area contributed by atoms with E-state index in [1.165, 1.54) is 0 Å². The van der Waals surface area contributed by atoms with E-state index in [-0.39, 0.29) is 13.2 Å². The molecule has 0 aromatic carbocycles. The molecule has 2 aliphatic heterocycles. The van der Waals surface area contributed by atoms with Gasteiger partial charge >= 0.3 is 0 Å². The van der Waals surface area contributed by atoms with Crippen molar-refractivity contribution in [3.63, 3.8) is 0 Å². The summed E-state index contributed by atoms with van der Waals surface area (Å²) in [6, 6.07) is -0.517. The summed E-state index contributed by atoms with van der Waals surface area (Å²) in [6.07, 6.45) is -4.46. The van der Waals surface area contributed by atoms with Gasteiger partial charge in [-0.2, -0.15) is 0 Å². The van der Waals surface area contributed by atoms with Gasteiger partial charge in [-0.1, -0.05) is 0 Å². The summed E-state index contributed by atoms with van der Waals surface area (Å²) in [5, 5.41) is 40.6. The molecule has 2 heterocycles. The largest absolute Gasteiger partial charge is 0.389 e. The number of piperidine rings is 1. The van der Waals surface area contributed by atoms with Gasteiger partial charge in [-0.25, -0.2) is 0 Å². The summed E-state index contributed by atoms with van der Waals surface area (Å²) in [7, 11) is 0. The van der Waals surface area contributed by atoms with Crippen LogP contribution in [0.25, 0.3) is 0 Å². The maximum Gasteiger partial charge on any atom is 0.109 e. The molecule has 0 aliphatic carbocycles. The Kier molecular flexibility index (Phi) is 2.74. The van der Waals surface area contributed by atoms with Crippen LogP contribution in [0.1, 0.15) is 0 Å². The van der Waals surface area contributed by atoms with E-state index in [2.05, 4.69) is 5.32 Å². The van der Waals surface area contributed by atoms with Gasteiger partial charge in [-0.15, -0.1) is 0 Å². The summed E-state index contributed by atoms with van der Waals surface area (Å²) < 4.78 is 5.16. The molecule has 0 radical (unpaired) electrons. The quantitative estimate of drug-likeness (QED) is 0.285. The number of hydrogen-bond acceptors (Lipinski definition) is 6. The zero-order chi connectivity index (χ0) is 10.3. The highest BCUT2D eigenvalue weighted by atomic mass is 16.5. The van der Waals surface area contributed by atoms with Crippen LogP contribution in [0.3, 0.4) is 0 Å². The lowest BCUT2D eigenvalue weighted by Crippen LogP contribution is -2.69. The van der Waals surface area contributed by atoms with Crippen molar-refractivity contribution in [2.24, 2.45) is 0 Å². The molecule has 0 aromatic rings. The molecule has 82 valence electrons. The van der Waals surface area contributed by atoms with Crippen molar-refractivity contribution in [3.8, 4) is 0 Å². The minimum Gasteiger partial charge on any atom is -0.389 e. The zero-order valence-electron chi connectivity index (χ0n) is 7.58. The van der Waals surface area contributed by atoms with E-state index in [4.69, 9.17) is 4.74 Å². The smallest absolute Gasteiger partial charge is 0.109 e. The average Bonchev–Trinajstić information content (AvgIpc) is 2.17.